The number of nitrogens with zero attached hydrogens (tertiary/aromatic N) is 2. The van der Waals surface area contributed by atoms with E-state index < -0.39 is 0 Å². The lowest BCUT2D eigenvalue weighted by Gasteiger charge is -2.01. The van der Waals surface area contributed by atoms with E-state index >= 15 is 0 Å². The second-order valence-electron chi connectivity index (χ2n) is 1.81. The summed E-state index contributed by atoms with van der Waals surface area (Å²) >= 11 is 2.22. The van der Waals surface area contributed by atoms with Crippen molar-refractivity contribution in [3.8, 4) is 0 Å². The van der Waals surface area contributed by atoms with E-state index in [-0.39, 0.29) is 0 Å². The maximum absolute atomic E-state index is 5.18. The van der Waals surface area contributed by atoms with Gasteiger partial charge >= 0.3 is 0 Å². The average Bonchev–Trinajstić information content (AvgIpc) is 2.31. The van der Waals surface area contributed by atoms with Crippen LogP contribution >= 0.6 is 22.6 Å². The van der Waals surface area contributed by atoms with Crippen molar-refractivity contribution < 1.29 is 4.74 Å². The van der Waals surface area contributed by atoms with E-state index in [1.165, 1.54) is 0 Å². The monoisotopic (exact) mass is 252 g/mol. The molecule has 0 radical (unpaired) electrons. The Balaban J connectivity index is 2.49. The summed E-state index contributed by atoms with van der Waals surface area (Å²) in [7, 11) is 0. The molecule has 0 unspecified atom stereocenters. The first-order valence-corrected chi connectivity index (χ1v) is 4.16. The Hall–Kier alpha value is -0.100. The van der Waals surface area contributed by atoms with Gasteiger partial charge in [-0.2, -0.15) is 0 Å². The Bertz CT molecular complexity index is 199. The second kappa shape index (κ2) is 3.92. The molecule has 10 heavy (non-hydrogen) atoms. The summed E-state index contributed by atoms with van der Waals surface area (Å²) in [5, 5.41) is 0. The van der Waals surface area contributed by atoms with Crippen molar-refractivity contribution >= 4 is 22.6 Å². The fraction of sp³-hybridized carbons (Fsp3) is 0.500. The average molecular weight is 252 g/mol. The van der Waals surface area contributed by atoms with Crippen LogP contribution in [0.4, 0.5) is 0 Å². The number of hydrogen-bond acceptors (Lipinski definition) is 2. The zero-order valence-electron chi connectivity index (χ0n) is 5.75. The molecule has 4 heteroatoms. The SMILES string of the molecule is CCOCn1cncc1I. The van der Waals surface area contributed by atoms with Crippen LogP contribution < -0.4 is 0 Å². The largest absolute Gasteiger partial charge is 0.361 e. The van der Waals surface area contributed by atoms with E-state index in [1.807, 2.05) is 11.5 Å². The smallest absolute Gasteiger partial charge is 0.124 e. The van der Waals surface area contributed by atoms with Gasteiger partial charge in [0.1, 0.15) is 10.4 Å². The van der Waals surface area contributed by atoms with Crippen LogP contribution in [-0.4, -0.2) is 16.2 Å². The molecule has 1 aromatic rings. The predicted octanol–water partition coefficient (Wildman–Crippen LogP) is 1.48. The van der Waals surface area contributed by atoms with Crippen LogP contribution in [0.15, 0.2) is 12.5 Å². The van der Waals surface area contributed by atoms with Gasteiger partial charge in [0.2, 0.25) is 0 Å². The van der Waals surface area contributed by atoms with Crippen molar-refractivity contribution in [3.63, 3.8) is 0 Å². The van der Waals surface area contributed by atoms with Crippen LogP contribution in [0.25, 0.3) is 0 Å². The van der Waals surface area contributed by atoms with Crippen molar-refractivity contribution in [3.05, 3.63) is 16.2 Å². The molecule has 0 aromatic carbocycles. The molecule has 0 bridgehead atoms. The highest BCUT2D eigenvalue weighted by molar-refractivity contribution is 14.1. The van der Waals surface area contributed by atoms with E-state index in [1.54, 1.807) is 12.5 Å². The van der Waals surface area contributed by atoms with Gasteiger partial charge in [-0.3, -0.25) is 0 Å². The van der Waals surface area contributed by atoms with Gasteiger partial charge in [0.05, 0.1) is 12.5 Å². The fourth-order valence-corrected chi connectivity index (χ4v) is 1.01. The first kappa shape index (κ1) is 8.00. The van der Waals surface area contributed by atoms with Crippen molar-refractivity contribution in [1.82, 2.24) is 9.55 Å². The lowest BCUT2D eigenvalue weighted by atomic mass is 10.8. The maximum atomic E-state index is 5.18. The summed E-state index contributed by atoms with van der Waals surface area (Å²) in [6.45, 7) is 3.33. The molecule has 3 nitrogen and oxygen atoms in total. The van der Waals surface area contributed by atoms with Crippen molar-refractivity contribution in [2.24, 2.45) is 0 Å². The van der Waals surface area contributed by atoms with Crippen molar-refractivity contribution in [2.45, 2.75) is 13.7 Å². The summed E-state index contributed by atoms with van der Waals surface area (Å²) in [6.07, 6.45) is 3.57. The first-order valence-electron chi connectivity index (χ1n) is 3.08. The van der Waals surface area contributed by atoms with Gasteiger partial charge in [0, 0.05) is 6.61 Å². The Morgan fingerprint density at radius 2 is 2.60 bits per heavy atom. The molecule has 56 valence electrons. The summed E-state index contributed by atoms with van der Waals surface area (Å²) < 4.78 is 8.23. The molecule has 0 spiro atoms. The van der Waals surface area contributed by atoms with E-state index in [2.05, 4.69) is 27.6 Å². The zero-order valence-corrected chi connectivity index (χ0v) is 7.91. The minimum Gasteiger partial charge on any atom is -0.361 e. The van der Waals surface area contributed by atoms with Crippen LogP contribution in [0.2, 0.25) is 0 Å². The fourth-order valence-electron chi connectivity index (χ4n) is 0.589. The number of rotatable bonds is 3. The Morgan fingerprint density at radius 3 is 3.10 bits per heavy atom. The number of hydrogen-bond donors (Lipinski definition) is 0. The van der Waals surface area contributed by atoms with Gasteiger partial charge in [-0.25, -0.2) is 4.98 Å². The molecule has 0 N–H and O–H groups in total. The molecule has 0 aliphatic carbocycles. The minimum absolute atomic E-state index is 0.606. The van der Waals surface area contributed by atoms with Crippen LogP contribution in [0, 0.1) is 3.70 Å². The molecule has 1 aromatic heterocycles. The highest BCUT2D eigenvalue weighted by atomic mass is 127. The highest BCUT2D eigenvalue weighted by Crippen LogP contribution is 2.02. The second-order valence-corrected chi connectivity index (χ2v) is 2.91. The molecule has 0 amide bonds. The van der Waals surface area contributed by atoms with E-state index in [0.29, 0.717) is 6.73 Å². The summed E-state index contributed by atoms with van der Waals surface area (Å²) in [5.41, 5.74) is 0. The highest BCUT2D eigenvalue weighted by Gasteiger charge is 1.94. The van der Waals surface area contributed by atoms with Crippen LogP contribution in [0.3, 0.4) is 0 Å². The Morgan fingerprint density at radius 1 is 1.80 bits per heavy atom. The van der Waals surface area contributed by atoms with Gasteiger partial charge in [0.25, 0.3) is 0 Å². The molecule has 0 atom stereocenters. The standard InChI is InChI=1S/C6H9IN2O/c1-2-10-5-9-4-8-3-6(9)7/h3-4H,2,5H2,1H3. The van der Waals surface area contributed by atoms with Gasteiger partial charge in [0.15, 0.2) is 0 Å². The molecule has 0 saturated carbocycles. The zero-order chi connectivity index (χ0) is 7.40. The normalized spacial score (nSPS) is 10.2. The Labute approximate surface area is 73.5 Å². The van der Waals surface area contributed by atoms with Crippen molar-refractivity contribution in [2.75, 3.05) is 6.61 Å². The van der Waals surface area contributed by atoms with Crippen molar-refractivity contribution in [1.29, 1.82) is 0 Å². The number of aromatic nitrogens is 2. The van der Waals surface area contributed by atoms with Crippen LogP contribution in [0.5, 0.6) is 0 Å². The molecule has 1 rings (SSSR count). The number of ether oxygens (including phenoxy) is 1. The maximum Gasteiger partial charge on any atom is 0.124 e. The lowest BCUT2D eigenvalue weighted by Crippen LogP contribution is -2.01. The van der Waals surface area contributed by atoms with E-state index in [0.717, 1.165) is 10.3 Å². The van der Waals surface area contributed by atoms with Gasteiger partial charge in [-0.05, 0) is 29.5 Å². The van der Waals surface area contributed by atoms with E-state index in [9.17, 15) is 0 Å². The summed E-state index contributed by atoms with van der Waals surface area (Å²) in [6, 6.07) is 0. The first-order chi connectivity index (χ1) is 4.84. The third-order valence-corrected chi connectivity index (χ3v) is 1.99. The third-order valence-electron chi connectivity index (χ3n) is 1.10. The molecule has 0 aliphatic heterocycles. The number of halogens is 1. The topological polar surface area (TPSA) is 27.1 Å². The number of imidazole rings is 1. The third kappa shape index (κ3) is 1.95. The molecular formula is C6H9IN2O. The van der Waals surface area contributed by atoms with Gasteiger partial charge in [-0.1, -0.05) is 0 Å². The molecule has 0 aliphatic rings. The minimum atomic E-state index is 0.606. The Kier molecular flexibility index (Phi) is 3.14. The lowest BCUT2D eigenvalue weighted by molar-refractivity contribution is 0.0862. The molecule has 0 saturated heterocycles. The van der Waals surface area contributed by atoms with E-state index in [4.69, 9.17) is 4.74 Å². The molecule has 1 heterocycles. The quantitative estimate of drug-likeness (QED) is 0.762. The van der Waals surface area contributed by atoms with Gasteiger partial charge in [-0.15, -0.1) is 0 Å². The molecule has 0 fully saturated rings. The van der Waals surface area contributed by atoms with Crippen LogP contribution in [-0.2, 0) is 11.5 Å². The summed E-state index contributed by atoms with van der Waals surface area (Å²) in [4.78, 5) is 3.95. The summed E-state index contributed by atoms with van der Waals surface area (Å²) in [5.74, 6) is 0. The molecular weight excluding hydrogens is 243 g/mol. The van der Waals surface area contributed by atoms with Gasteiger partial charge < -0.3 is 9.30 Å². The predicted molar refractivity (Wildman–Crippen MR) is 46.6 cm³/mol. The van der Waals surface area contributed by atoms with Crippen LogP contribution in [0.1, 0.15) is 6.92 Å².